The van der Waals surface area contributed by atoms with Crippen LogP contribution in [0.5, 0.6) is 11.5 Å². The largest absolute Gasteiger partial charge is 0.508 e. The zero-order chi connectivity index (χ0) is 32.0. The normalized spacial score (nSPS) is 33.9. The van der Waals surface area contributed by atoms with Gasteiger partial charge in [0.2, 0.25) is 5.78 Å². The number of fused-ring (bicyclic) bond motifs is 5. The average Bonchev–Trinajstić information content (AvgIpc) is 2.94. The molecule has 11 heteroatoms. The Kier molecular flexibility index (Phi) is 7.18. The number of rotatable bonds is 7. The first kappa shape index (κ1) is 30.6. The predicted octanol–water partition coefficient (Wildman–Crippen LogP) is 2.13. The van der Waals surface area contributed by atoms with E-state index >= 15 is 0 Å². The minimum atomic E-state index is -2.66. The van der Waals surface area contributed by atoms with E-state index in [1.54, 1.807) is 14.1 Å². The van der Waals surface area contributed by atoms with Crippen molar-refractivity contribution < 1.29 is 39.5 Å². The zero-order valence-corrected chi connectivity index (χ0v) is 25.9. The Morgan fingerprint density at radius 1 is 1.14 bits per heavy atom. The molecular weight excluding hydrogens is 566 g/mol. The summed E-state index contributed by atoms with van der Waals surface area (Å²) in [6.45, 7) is 6.02. The summed E-state index contributed by atoms with van der Waals surface area (Å²) in [6.07, 6.45) is 3.94. The molecule has 238 valence electrons. The number of carbonyl (C=O) groups excluding carboxylic acids is 3. The highest BCUT2D eigenvalue weighted by molar-refractivity contribution is 6.24. The van der Waals surface area contributed by atoms with E-state index in [1.807, 2.05) is 0 Å². The summed E-state index contributed by atoms with van der Waals surface area (Å²) in [5.41, 5.74) is 3.35. The fourth-order valence-electron chi connectivity index (χ4n) is 9.34. The minimum absolute atomic E-state index is 0.0245. The van der Waals surface area contributed by atoms with Crippen LogP contribution in [0, 0.1) is 35.0 Å². The van der Waals surface area contributed by atoms with Crippen molar-refractivity contribution in [3.05, 3.63) is 39.7 Å². The summed E-state index contributed by atoms with van der Waals surface area (Å²) < 4.78 is 5.84. The third-order valence-electron chi connectivity index (χ3n) is 11.7. The molecule has 6 aliphatic carbocycles. The third-order valence-corrected chi connectivity index (χ3v) is 11.7. The highest BCUT2D eigenvalue weighted by Crippen LogP contribution is 2.61. The number of hydrogen-bond donors (Lipinski definition) is 6. The number of phenols is 1. The van der Waals surface area contributed by atoms with Gasteiger partial charge < -0.3 is 36.2 Å². The summed E-state index contributed by atoms with van der Waals surface area (Å²) in [6, 6.07) is 0.384. The summed E-state index contributed by atoms with van der Waals surface area (Å²) in [5, 5.41) is 49.0. The van der Waals surface area contributed by atoms with Crippen LogP contribution < -0.4 is 15.8 Å². The lowest BCUT2D eigenvalue weighted by Gasteiger charge is -2.60. The molecule has 7 rings (SSSR count). The number of aliphatic hydroxyl groups is 3. The first-order chi connectivity index (χ1) is 20.7. The number of nitrogens with two attached hydrogens (primary N) is 1. The lowest BCUT2D eigenvalue weighted by atomic mass is 9.45. The van der Waals surface area contributed by atoms with Gasteiger partial charge in [0.25, 0.3) is 5.91 Å². The number of phenolic OH excluding ortho intramolecular Hbond substituents is 1. The van der Waals surface area contributed by atoms with Crippen LogP contribution >= 0.6 is 0 Å². The molecule has 7 N–H and O–H groups in total. The Hall–Kier alpha value is -3.41. The number of ether oxygens (including phenoxy) is 1. The molecule has 0 heterocycles. The van der Waals surface area contributed by atoms with E-state index in [0.29, 0.717) is 40.7 Å². The van der Waals surface area contributed by atoms with E-state index in [0.717, 1.165) is 12.5 Å². The number of primary amides is 1. The van der Waals surface area contributed by atoms with Gasteiger partial charge in [-0.25, -0.2) is 0 Å². The van der Waals surface area contributed by atoms with Crippen LogP contribution in [0.4, 0.5) is 0 Å². The Balaban J connectivity index is 1.35. The fourth-order valence-corrected chi connectivity index (χ4v) is 9.34. The Bertz CT molecular complexity index is 1520. The number of hydrogen-bond acceptors (Lipinski definition) is 10. The number of benzene rings is 1. The Morgan fingerprint density at radius 2 is 1.84 bits per heavy atom. The molecule has 1 amide bonds. The van der Waals surface area contributed by atoms with Gasteiger partial charge in [-0.3, -0.25) is 19.3 Å². The van der Waals surface area contributed by atoms with Crippen molar-refractivity contribution in [2.45, 2.75) is 64.1 Å². The molecule has 1 aromatic rings. The van der Waals surface area contributed by atoms with E-state index in [2.05, 4.69) is 19.2 Å². The topological polar surface area (TPSA) is 183 Å². The Morgan fingerprint density at radius 3 is 2.43 bits per heavy atom. The van der Waals surface area contributed by atoms with E-state index < -0.39 is 58.0 Å². The van der Waals surface area contributed by atoms with Crippen LogP contribution in [0.3, 0.4) is 0 Å². The van der Waals surface area contributed by atoms with Crippen LogP contribution in [0.1, 0.15) is 56.2 Å². The summed E-state index contributed by atoms with van der Waals surface area (Å²) in [5.74, 6) is -4.16. The number of likely N-dealkylation sites (N-methyl/N-ethyl adjacent to an activating group) is 1. The van der Waals surface area contributed by atoms with Crippen molar-refractivity contribution in [1.29, 1.82) is 0 Å². The molecule has 0 aromatic heterocycles. The molecule has 4 saturated carbocycles. The van der Waals surface area contributed by atoms with Gasteiger partial charge in [-0.15, -0.1) is 0 Å². The minimum Gasteiger partial charge on any atom is -0.508 e. The fraction of sp³-hybridized carbons (Fsp3) is 0.606. The van der Waals surface area contributed by atoms with Crippen molar-refractivity contribution in [2.75, 3.05) is 27.7 Å². The van der Waals surface area contributed by atoms with E-state index in [9.17, 15) is 34.8 Å². The predicted molar refractivity (Wildman–Crippen MR) is 161 cm³/mol. The number of nitrogens with one attached hydrogen (secondary N) is 1. The van der Waals surface area contributed by atoms with Gasteiger partial charge in [0.1, 0.15) is 28.6 Å². The van der Waals surface area contributed by atoms with Crippen LogP contribution in [0.25, 0.3) is 5.76 Å². The summed E-state index contributed by atoms with van der Waals surface area (Å²) in [7, 11) is 4.67. The van der Waals surface area contributed by atoms with Gasteiger partial charge in [0, 0.05) is 29.2 Å². The molecule has 11 nitrogen and oxygen atoms in total. The van der Waals surface area contributed by atoms with Crippen molar-refractivity contribution in [3.63, 3.8) is 0 Å². The first-order valence-corrected chi connectivity index (χ1v) is 15.4. The molecule has 7 atom stereocenters. The van der Waals surface area contributed by atoms with Crippen LogP contribution in [0.15, 0.2) is 23.0 Å². The molecular formula is C33H43N3O8. The number of Topliss-reactive ketones (excluding diaryl/α,β-unsaturated/α-hetero) is 2. The zero-order valence-electron chi connectivity index (χ0n) is 25.9. The summed E-state index contributed by atoms with van der Waals surface area (Å²) >= 11 is 0. The standard InChI is InChI=1S/C33H43N3O8/c1-32(2)17-7-6-14(19(32)11-17)12-35-13-16-10-21(37)23-18(28(16)44-5)8-15-9-20-25(36(3)4)27(39)24(31(34)42)30(41)33(20,43)29(40)22(15)26(23)38/h10,14-15,17,19-20,25,35,37-38,41,43H,6-9,11-13H2,1-5H3,(H2,34,42)/t14-,15+,17?,19?,20+,25+,33+/m1/s1. The highest BCUT2D eigenvalue weighted by atomic mass is 16.5. The smallest absolute Gasteiger partial charge is 0.255 e. The molecule has 2 unspecified atom stereocenters. The second-order valence-electron chi connectivity index (χ2n) is 14.2. The van der Waals surface area contributed by atoms with Crippen LogP contribution in [0.2, 0.25) is 0 Å². The van der Waals surface area contributed by atoms with Gasteiger partial charge in [0.05, 0.1) is 18.7 Å². The van der Waals surface area contributed by atoms with Crippen molar-refractivity contribution in [2.24, 2.45) is 40.7 Å². The van der Waals surface area contributed by atoms with E-state index in [-0.39, 0.29) is 29.7 Å². The number of nitrogens with zero attached hydrogens (tertiary/aromatic N) is 1. The lowest BCUT2D eigenvalue weighted by molar-refractivity contribution is -0.153. The average molecular weight is 610 g/mol. The van der Waals surface area contributed by atoms with Gasteiger partial charge in [-0.2, -0.15) is 0 Å². The number of amides is 1. The van der Waals surface area contributed by atoms with Crippen molar-refractivity contribution >= 4 is 23.2 Å². The molecule has 0 radical (unpaired) electrons. The number of aliphatic hydroxyl groups excluding tert-OH is 2. The second-order valence-corrected chi connectivity index (χ2v) is 14.2. The van der Waals surface area contributed by atoms with E-state index in [1.165, 1.54) is 37.3 Å². The van der Waals surface area contributed by atoms with Crippen LogP contribution in [-0.4, -0.2) is 82.2 Å². The monoisotopic (exact) mass is 609 g/mol. The number of methoxy groups -OCH3 is 1. The molecule has 0 saturated heterocycles. The maximum Gasteiger partial charge on any atom is 0.255 e. The maximum absolute atomic E-state index is 14.0. The SMILES string of the molecule is COc1c(CNC[C@H]2CCC3CC2C3(C)C)cc(O)c2c1C[C@H]1C[C@H]3[C@H](N(C)C)C(=O)C(C(N)=O)=C(O)[C@@]3(O)C(=O)C1=C2O. The number of ketones is 2. The molecule has 0 spiro atoms. The molecule has 2 bridgehead atoms. The highest BCUT2D eigenvalue weighted by Gasteiger charge is 2.64. The lowest BCUT2D eigenvalue weighted by Crippen LogP contribution is -2.65. The number of aromatic hydroxyl groups is 1. The Labute approximate surface area is 256 Å². The molecule has 4 fully saturated rings. The molecule has 6 aliphatic rings. The molecule has 44 heavy (non-hydrogen) atoms. The van der Waals surface area contributed by atoms with Crippen molar-refractivity contribution in [3.8, 4) is 11.5 Å². The molecule has 0 aliphatic heterocycles. The van der Waals surface area contributed by atoms with Crippen LogP contribution in [-0.2, 0) is 27.3 Å². The van der Waals surface area contributed by atoms with Gasteiger partial charge >= 0.3 is 0 Å². The van der Waals surface area contributed by atoms with Gasteiger partial charge in [-0.05, 0) is 87.9 Å². The van der Waals surface area contributed by atoms with Crippen molar-refractivity contribution in [1.82, 2.24) is 10.2 Å². The summed E-state index contributed by atoms with van der Waals surface area (Å²) in [4.78, 5) is 41.0. The second kappa shape index (κ2) is 10.3. The first-order valence-electron chi connectivity index (χ1n) is 15.4. The van der Waals surface area contributed by atoms with E-state index in [4.69, 9.17) is 10.5 Å². The number of carbonyl (C=O) groups is 3. The molecule has 1 aromatic carbocycles. The third kappa shape index (κ3) is 4.08. The van der Waals surface area contributed by atoms with Gasteiger partial charge in [-0.1, -0.05) is 13.8 Å². The quantitative estimate of drug-likeness (QED) is 0.251. The van der Waals surface area contributed by atoms with Gasteiger partial charge in [0.15, 0.2) is 11.4 Å². The maximum atomic E-state index is 14.0.